The number of hydrogen-bond acceptors (Lipinski definition) is 3. The van der Waals surface area contributed by atoms with Gasteiger partial charge in [0.05, 0.1) is 0 Å². The van der Waals surface area contributed by atoms with Crippen molar-refractivity contribution in [2.24, 2.45) is 15.3 Å². The predicted octanol–water partition coefficient (Wildman–Crippen LogP) is -0.381. The van der Waals surface area contributed by atoms with Crippen molar-refractivity contribution in [3.8, 4) is 0 Å². The standard InChI is InChI=1S/CH3N3S/c2-3-1-4-5/h1H,2H2/b3-1-. The van der Waals surface area contributed by atoms with Crippen LogP contribution < -0.4 is 5.84 Å². The van der Waals surface area contributed by atoms with Gasteiger partial charge in [0, 0.05) is 12.4 Å². The maximum absolute atomic E-state index is 4.55. The van der Waals surface area contributed by atoms with Crippen LogP contribution in [0.5, 0.6) is 0 Å². The van der Waals surface area contributed by atoms with Gasteiger partial charge in [-0.2, -0.15) is 9.46 Å². The largest absolute Gasteiger partial charge is 0.322 e. The normalized spacial score (nSPS) is 8.80. The smallest absolute Gasteiger partial charge is 0.148 e. The van der Waals surface area contributed by atoms with Crippen molar-refractivity contribution in [2.45, 2.75) is 0 Å². The second kappa shape index (κ2) is 3.49. The molecule has 0 bridgehead atoms. The van der Waals surface area contributed by atoms with E-state index in [-0.39, 0.29) is 0 Å². The molecule has 3 nitrogen and oxygen atoms in total. The first-order chi connectivity index (χ1) is 2.41. The maximum Gasteiger partial charge on any atom is 0.148 e. The van der Waals surface area contributed by atoms with Crippen LogP contribution in [0.4, 0.5) is 0 Å². The highest BCUT2D eigenvalue weighted by Gasteiger charge is 1.44. The van der Waals surface area contributed by atoms with Crippen LogP contribution in [0.15, 0.2) is 9.46 Å². The van der Waals surface area contributed by atoms with E-state index in [9.17, 15) is 0 Å². The lowest BCUT2D eigenvalue weighted by Crippen LogP contribution is -1.75. The van der Waals surface area contributed by atoms with Crippen LogP contribution in [0.25, 0.3) is 0 Å². The van der Waals surface area contributed by atoms with Crippen LogP contribution in [0.2, 0.25) is 0 Å². The third-order valence-corrected chi connectivity index (χ3v) is 0.208. The Labute approximate surface area is 35.0 Å². The summed E-state index contributed by atoms with van der Waals surface area (Å²) in [6.07, 6.45) is 1.09. The summed E-state index contributed by atoms with van der Waals surface area (Å²) in [5.41, 5.74) is 0. The lowest BCUT2D eigenvalue weighted by molar-refractivity contribution is 1.26. The summed E-state index contributed by atoms with van der Waals surface area (Å²) in [7, 11) is 0. The molecular weight excluding hydrogens is 86.1 g/mol. The molecule has 0 atom stereocenters. The van der Waals surface area contributed by atoms with Crippen molar-refractivity contribution in [3.05, 3.63) is 0 Å². The molecule has 2 N–H and O–H groups in total. The van der Waals surface area contributed by atoms with Crippen LogP contribution in [0.3, 0.4) is 0 Å². The first kappa shape index (κ1) is 4.49. The van der Waals surface area contributed by atoms with Gasteiger partial charge in [-0.05, 0) is 0 Å². The Morgan fingerprint density at radius 3 is 2.40 bits per heavy atom. The Balaban J connectivity index is 2.92. The molecule has 0 unspecified atom stereocenters. The molecule has 4 heteroatoms. The van der Waals surface area contributed by atoms with Crippen molar-refractivity contribution in [1.29, 1.82) is 0 Å². The quantitative estimate of drug-likeness (QED) is 0.206. The van der Waals surface area contributed by atoms with Gasteiger partial charge in [-0.15, -0.1) is 0 Å². The minimum Gasteiger partial charge on any atom is -0.322 e. The average Bonchev–Trinajstić information content (AvgIpc) is 1.41. The van der Waals surface area contributed by atoms with Crippen molar-refractivity contribution in [1.82, 2.24) is 0 Å². The van der Waals surface area contributed by atoms with E-state index < -0.39 is 0 Å². The minimum absolute atomic E-state index is 1.09. The van der Waals surface area contributed by atoms with E-state index in [2.05, 4.69) is 27.7 Å². The van der Waals surface area contributed by atoms with E-state index in [1.807, 2.05) is 0 Å². The van der Waals surface area contributed by atoms with Gasteiger partial charge in [0.1, 0.15) is 6.34 Å². The average molecular weight is 89.1 g/mol. The first-order valence-electron chi connectivity index (χ1n) is 0.957. The summed E-state index contributed by atoms with van der Waals surface area (Å²) in [4.78, 5) is 0. The van der Waals surface area contributed by atoms with Gasteiger partial charge in [-0.3, -0.25) is 0 Å². The van der Waals surface area contributed by atoms with E-state index in [1.165, 1.54) is 0 Å². The summed E-state index contributed by atoms with van der Waals surface area (Å²) < 4.78 is 3.02. The Bertz CT molecular complexity index is 48.9. The fraction of sp³-hybridized carbons (Fsp3) is 0. The Hall–Kier alpha value is -0.510. The molecule has 0 heterocycles. The number of nitrogens with zero attached hydrogens (tertiary/aromatic N) is 2. The van der Waals surface area contributed by atoms with Crippen molar-refractivity contribution in [3.63, 3.8) is 0 Å². The van der Waals surface area contributed by atoms with Crippen molar-refractivity contribution >= 4 is 18.8 Å². The number of hydrazone groups is 1. The zero-order valence-corrected chi connectivity index (χ0v) is 3.27. The van der Waals surface area contributed by atoms with Crippen LogP contribution >= 0.6 is 0 Å². The zero-order chi connectivity index (χ0) is 4.12. The van der Waals surface area contributed by atoms with Gasteiger partial charge in [0.25, 0.3) is 0 Å². The summed E-state index contributed by atoms with van der Waals surface area (Å²) in [5.74, 6) is 4.55. The zero-order valence-electron chi connectivity index (χ0n) is 2.46. The molecule has 0 fully saturated rings. The lowest BCUT2D eigenvalue weighted by atomic mass is 11.4. The molecule has 0 rings (SSSR count). The maximum atomic E-state index is 4.55. The minimum atomic E-state index is 1.09. The van der Waals surface area contributed by atoms with E-state index in [0.717, 1.165) is 6.34 Å². The van der Waals surface area contributed by atoms with Gasteiger partial charge in [0.15, 0.2) is 0 Å². The van der Waals surface area contributed by atoms with Gasteiger partial charge in [-0.1, -0.05) is 0 Å². The number of nitrogens with two attached hydrogens (primary N) is 1. The van der Waals surface area contributed by atoms with E-state index in [4.69, 9.17) is 0 Å². The van der Waals surface area contributed by atoms with Gasteiger partial charge in [0.2, 0.25) is 0 Å². The summed E-state index contributed by atoms with van der Waals surface area (Å²) in [5, 5.41) is 2.96. The molecule has 0 aromatic heterocycles. The van der Waals surface area contributed by atoms with Crippen LogP contribution in [-0.4, -0.2) is 6.34 Å². The molecule has 0 amide bonds. The van der Waals surface area contributed by atoms with E-state index in [0.29, 0.717) is 0 Å². The van der Waals surface area contributed by atoms with E-state index >= 15 is 0 Å². The predicted molar refractivity (Wildman–Crippen MR) is 22.5 cm³/mol. The molecule has 0 aliphatic carbocycles. The molecule has 0 radical (unpaired) electrons. The van der Waals surface area contributed by atoms with Crippen LogP contribution in [0, 0.1) is 0 Å². The summed E-state index contributed by atoms with van der Waals surface area (Å²) >= 11 is 4.05. The van der Waals surface area contributed by atoms with Gasteiger partial charge >= 0.3 is 0 Å². The second-order valence-electron chi connectivity index (χ2n) is 0.370. The molecule has 0 spiro atoms. The number of rotatable bonds is 1. The van der Waals surface area contributed by atoms with Gasteiger partial charge < -0.3 is 5.84 Å². The van der Waals surface area contributed by atoms with Crippen molar-refractivity contribution < 1.29 is 0 Å². The topological polar surface area (TPSA) is 50.7 Å². The molecular formula is CH3N3S. The van der Waals surface area contributed by atoms with Crippen LogP contribution in [-0.2, 0) is 12.4 Å². The monoisotopic (exact) mass is 89.0 g/mol. The third kappa shape index (κ3) is 3.49. The van der Waals surface area contributed by atoms with Crippen molar-refractivity contribution in [2.75, 3.05) is 0 Å². The fourth-order valence-corrected chi connectivity index (χ4v) is 0.0816. The fourth-order valence-electron chi connectivity index (χ4n) is 0.0272. The number of hydrogen-bond donors (Lipinski definition) is 1. The molecule has 0 aromatic rings. The van der Waals surface area contributed by atoms with E-state index in [1.54, 1.807) is 0 Å². The highest BCUT2D eigenvalue weighted by atomic mass is 32.1. The molecule has 0 saturated carbocycles. The second-order valence-corrected chi connectivity index (χ2v) is 0.581. The summed E-state index contributed by atoms with van der Waals surface area (Å²) in [6.45, 7) is 0. The Morgan fingerprint density at radius 1 is 1.80 bits per heavy atom. The van der Waals surface area contributed by atoms with Gasteiger partial charge in [-0.25, -0.2) is 0 Å². The molecule has 28 valence electrons. The Kier molecular flexibility index (Phi) is 3.13. The summed E-state index contributed by atoms with van der Waals surface area (Å²) in [6, 6.07) is 0. The molecule has 0 aliphatic heterocycles. The first-order valence-corrected chi connectivity index (χ1v) is 1.32. The molecule has 0 aromatic carbocycles. The lowest BCUT2D eigenvalue weighted by Gasteiger charge is -1.58. The molecule has 0 aliphatic rings. The SMILES string of the molecule is N/N=C\N=S. The molecule has 5 heavy (non-hydrogen) atoms. The Morgan fingerprint density at radius 2 is 2.40 bits per heavy atom. The highest BCUT2D eigenvalue weighted by Crippen LogP contribution is 1.43. The molecule has 0 saturated heterocycles. The highest BCUT2D eigenvalue weighted by molar-refractivity contribution is 7.47. The third-order valence-electron chi connectivity index (χ3n) is 0.114. The van der Waals surface area contributed by atoms with Crippen LogP contribution in [0.1, 0.15) is 0 Å².